The molecule has 0 aliphatic rings. The Hall–Kier alpha value is -8.61. The summed E-state index contributed by atoms with van der Waals surface area (Å²) in [6, 6.07) is 77.3. The van der Waals surface area contributed by atoms with Crippen molar-refractivity contribution in [3.05, 3.63) is 218 Å². The van der Waals surface area contributed by atoms with Gasteiger partial charge in [0.25, 0.3) is 0 Å². The molecule has 0 aliphatic heterocycles. The van der Waals surface area contributed by atoms with Gasteiger partial charge in [-0.3, -0.25) is 4.57 Å². The molecule has 63 heavy (non-hydrogen) atoms. The normalized spacial score (nSPS) is 11.8. The molecule has 0 spiro atoms. The summed E-state index contributed by atoms with van der Waals surface area (Å²) >= 11 is 0. The van der Waals surface area contributed by atoms with E-state index in [2.05, 4.69) is 208 Å². The van der Waals surface area contributed by atoms with Gasteiger partial charge in [0.15, 0.2) is 11.6 Å². The van der Waals surface area contributed by atoms with Crippen LogP contribution in [0.15, 0.2) is 218 Å². The Morgan fingerprint density at radius 3 is 1.29 bits per heavy atom. The minimum atomic E-state index is 0.538. The van der Waals surface area contributed by atoms with E-state index in [0.717, 1.165) is 77.5 Å². The lowest BCUT2D eigenvalue weighted by atomic mass is 10.0. The lowest BCUT2D eigenvalue weighted by Gasteiger charge is -2.15. The largest absolute Gasteiger partial charge is 0.309 e. The molecule has 4 heterocycles. The van der Waals surface area contributed by atoms with Crippen molar-refractivity contribution < 1.29 is 0 Å². The number of rotatable bonds is 6. The molecular formula is C57H36N6. The van der Waals surface area contributed by atoms with Gasteiger partial charge in [0.05, 0.1) is 44.5 Å². The lowest BCUT2D eigenvalue weighted by Crippen LogP contribution is -2.08. The van der Waals surface area contributed by atoms with Gasteiger partial charge in [-0.1, -0.05) is 170 Å². The SMILES string of the molecule is c1ccc(-c2cccc(-c3nc(-c4ccccc4)nc(-n4c5cccc(-n6c7ccccc7c7ccccc76)c5c5cccc(-n6c7ccccc7c7ccccc76)c54)n3)c2)cc1. The van der Waals surface area contributed by atoms with Gasteiger partial charge in [0.2, 0.25) is 5.95 Å². The van der Waals surface area contributed by atoms with Gasteiger partial charge >= 0.3 is 0 Å². The van der Waals surface area contributed by atoms with Crippen molar-refractivity contribution in [1.82, 2.24) is 28.7 Å². The second-order valence-corrected chi connectivity index (χ2v) is 16.0. The highest BCUT2D eigenvalue weighted by Crippen LogP contribution is 2.43. The van der Waals surface area contributed by atoms with Crippen LogP contribution in [-0.2, 0) is 0 Å². The first-order chi connectivity index (χ1) is 31.3. The third-order valence-corrected chi connectivity index (χ3v) is 12.5. The quantitative estimate of drug-likeness (QED) is 0.168. The molecule has 0 bridgehead atoms. The first-order valence-corrected chi connectivity index (χ1v) is 21.3. The van der Waals surface area contributed by atoms with E-state index in [4.69, 9.17) is 15.0 Å². The van der Waals surface area contributed by atoms with Gasteiger partial charge in [0, 0.05) is 43.4 Å². The number of para-hydroxylation sites is 5. The number of nitrogens with zero attached hydrogens (tertiary/aromatic N) is 6. The van der Waals surface area contributed by atoms with E-state index in [1.807, 2.05) is 24.3 Å². The van der Waals surface area contributed by atoms with Gasteiger partial charge in [-0.15, -0.1) is 0 Å². The predicted octanol–water partition coefficient (Wildman–Crippen LogP) is 14.2. The maximum atomic E-state index is 5.47. The second kappa shape index (κ2) is 14.0. The average Bonchev–Trinajstić information content (AvgIpc) is 4.01. The molecule has 0 atom stereocenters. The third-order valence-electron chi connectivity index (χ3n) is 12.5. The highest BCUT2D eigenvalue weighted by Gasteiger charge is 2.25. The number of aromatic nitrogens is 6. The summed E-state index contributed by atoms with van der Waals surface area (Å²) in [5.41, 5.74) is 12.7. The van der Waals surface area contributed by atoms with Crippen molar-refractivity contribution in [3.63, 3.8) is 0 Å². The Kier molecular flexibility index (Phi) is 7.80. The summed E-state index contributed by atoms with van der Waals surface area (Å²) in [5.74, 6) is 1.74. The van der Waals surface area contributed by atoms with Crippen LogP contribution in [0, 0.1) is 0 Å². The van der Waals surface area contributed by atoms with Crippen molar-refractivity contribution >= 4 is 65.4 Å². The number of fused-ring (bicyclic) bond motifs is 9. The Morgan fingerprint density at radius 2 is 0.683 bits per heavy atom. The minimum absolute atomic E-state index is 0.538. The van der Waals surface area contributed by atoms with E-state index >= 15 is 0 Å². The monoisotopic (exact) mass is 804 g/mol. The first kappa shape index (κ1) is 35.2. The zero-order valence-corrected chi connectivity index (χ0v) is 34.0. The van der Waals surface area contributed by atoms with E-state index in [-0.39, 0.29) is 0 Å². The van der Waals surface area contributed by atoms with Crippen LogP contribution in [0.4, 0.5) is 0 Å². The molecule has 4 aromatic heterocycles. The number of benzene rings is 9. The topological polar surface area (TPSA) is 53.5 Å². The van der Waals surface area contributed by atoms with Crippen LogP contribution in [-0.4, -0.2) is 28.7 Å². The highest BCUT2D eigenvalue weighted by molar-refractivity contribution is 6.19. The van der Waals surface area contributed by atoms with E-state index in [1.54, 1.807) is 0 Å². The Balaban J connectivity index is 1.18. The highest BCUT2D eigenvalue weighted by atomic mass is 15.2. The summed E-state index contributed by atoms with van der Waals surface area (Å²) in [7, 11) is 0. The molecule has 0 amide bonds. The van der Waals surface area contributed by atoms with Crippen LogP contribution in [0.25, 0.3) is 117 Å². The van der Waals surface area contributed by atoms with Crippen LogP contribution < -0.4 is 0 Å². The van der Waals surface area contributed by atoms with E-state index in [9.17, 15) is 0 Å². The molecule has 294 valence electrons. The fourth-order valence-electron chi connectivity index (χ4n) is 9.80. The minimum Gasteiger partial charge on any atom is -0.309 e. The second-order valence-electron chi connectivity index (χ2n) is 16.0. The Labute approximate surface area is 362 Å². The summed E-state index contributed by atoms with van der Waals surface area (Å²) in [5, 5.41) is 7.03. The molecule has 0 aliphatic carbocycles. The van der Waals surface area contributed by atoms with Crippen molar-refractivity contribution in [2.75, 3.05) is 0 Å². The van der Waals surface area contributed by atoms with Crippen LogP contribution in [0.5, 0.6) is 0 Å². The molecule has 9 aromatic carbocycles. The Morgan fingerprint density at radius 1 is 0.270 bits per heavy atom. The predicted molar refractivity (Wildman–Crippen MR) is 259 cm³/mol. The Bertz CT molecular complexity index is 3810. The maximum Gasteiger partial charge on any atom is 0.238 e. The van der Waals surface area contributed by atoms with Crippen LogP contribution in [0.3, 0.4) is 0 Å². The van der Waals surface area contributed by atoms with Crippen LogP contribution in [0.2, 0.25) is 0 Å². The summed E-state index contributed by atoms with van der Waals surface area (Å²) in [6.07, 6.45) is 0. The molecule has 0 radical (unpaired) electrons. The van der Waals surface area contributed by atoms with Gasteiger partial charge in [-0.2, -0.15) is 9.97 Å². The molecule has 13 rings (SSSR count). The molecule has 6 nitrogen and oxygen atoms in total. The summed E-state index contributed by atoms with van der Waals surface area (Å²) in [4.78, 5) is 16.1. The lowest BCUT2D eigenvalue weighted by molar-refractivity contribution is 0.949. The molecule has 0 saturated carbocycles. The van der Waals surface area contributed by atoms with Gasteiger partial charge in [0.1, 0.15) is 0 Å². The zero-order chi connectivity index (χ0) is 41.4. The zero-order valence-electron chi connectivity index (χ0n) is 34.0. The molecule has 0 N–H and O–H groups in total. The third kappa shape index (κ3) is 5.41. The van der Waals surface area contributed by atoms with Crippen LogP contribution >= 0.6 is 0 Å². The van der Waals surface area contributed by atoms with Gasteiger partial charge in [-0.25, -0.2) is 4.98 Å². The van der Waals surface area contributed by atoms with Crippen molar-refractivity contribution in [2.24, 2.45) is 0 Å². The average molecular weight is 805 g/mol. The fraction of sp³-hybridized carbons (Fsp3) is 0. The molecule has 0 fully saturated rings. The smallest absolute Gasteiger partial charge is 0.238 e. The van der Waals surface area contributed by atoms with Crippen molar-refractivity contribution in [3.8, 4) is 51.2 Å². The number of hydrogen-bond acceptors (Lipinski definition) is 3. The van der Waals surface area contributed by atoms with E-state index in [1.165, 1.54) is 21.5 Å². The van der Waals surface area contributed by atoms with Crippen molar-refractivity contribution in [2.45, 2.75) is 0 Å². The molecule has 0 saturated heterocycles. The summed E-state index contributed by atoms with van der Waals surface area (Å²) in [6.45, 7) is 0. The molecular weight excluding hydrogens is 769 g/mol. The fourth-order valence-corrected chi connectivity index (χ4v) is 9.80. The maximum absolute atomic E-state index is 5.47. The molecule has 0 unspecified atom stereocenters. The standard InChI is InChI=1S/C57H36N6/c1-3-18-37(19-4-1)39-22-15-23-40(36-39)56-58-55(38-20-5-2-6-21-38)59-57(60-56)63-51-34-17-33-50(61-46-29-11-7-24-41(46)42-25-8-12-30-47(42)61)53(51)45-28-16-35-52(54(45)63)62-48-31-13-9-26-43(48)44-27-10-14-32-49(44)62/h1-36H. The van der Waals surface area contributed by atoms with Gasteiger partial charge in [-0.05, 0) is 59.7 Å². The molecule has 13 aromatic rings. The van der Waals surface area contributed by atoms with Gasteiger partial charge < -0.3 is 9.13 Å². The van der Waals surface area contributed by atoms with Crippen molar-refractivity contribution in [1.29, 1.82) is 0 Å². The summed E-state index contributed by atoms with van der Waals surface area (Å²) < 4.78 is 7.11. The molecule has 6 heteroatoms. The van der Waals surface area contributed by atoms with E-state index < -0.39 is 0 Å². The van der Waals surface area contributed by atoms with Crippen LogP contribution in [0.1, 0.15) is 0 Å². The van der Waals surface area contributed by atoms with E-state index in [0.29, 0.717) is 17.6 Å². The first-order valence-electron chi connectivity index (χ1n) is 21.3. The number of hydrogen-bond donors (Lipinski definition) is 0.